The van der Waals surface area contributed by atoms with Crippen molar-refractivity contribution in [3.8, 4) is 0 Å². The number of hydrogen-bond donors (Lipinski definition) is 2. The number of hydroxylamine groups is 1. The Morgan fingerprint density at radius 1 is 1.00 bits per heavy atom. The van der Waals surface area contributed by atoms with Crippen LogP contribution in [0.25, 0.3) is 0 Å². The van der Waals surface area contributed by atoms with Crippen LogP contribution in [0.1, 0.15) is 18.4 Å². The van der Waals surface area contributed by atoms with Gasteiger partial charge in [0, 0.05) is 12.5 Å². The number of halogens is 2. The summed E-state index contributed by atoms with van der Waals surface area (Å²) in [4.78, 5) is 27.9. The first-order valence-corrected chi connectivity index (χ1v) is 7.74. The molecule has 7 heteroatoms. The third kappa shape index (κ3) is 6.68. The highest BCUT2D eigenvalue weighted by Gasteiger charge is 2.09. The maximum Gasteiger partial charge on any atom is 0.253 e. The van der Waals surface area contributed by atoms with Crippen molar-refractivity contribution in [3.63, 3.8) is 0 Å². The molecule has 2 aromatic rings. The van der Waals surface area contributed by atoms with Crippen LogP contribution >= 0.6 is 0 Å². The first-order chi connectivity index (χ1) is 12.0. The van der Waals surface area contributed by atoms with Gasteiger partial charge in [0.25, 0.3) is 5.91 Å². The minimum absolute atomic E-state index is 0.245. The van der Waals surface area contributed by atoms with E-state index in [-0.39, 0.29) is 18.0 Å². The Morgan fingerprint density at radius 3 is 2.52 bits per heavy atom. The van der Waals surface area contributed by atoms with Crippen LogP contribution < -0.4 is 10.8 Å². The molecule has 0 radical (unpaired) electrons. The van der Waals surface area contributed by atoms with Crippen LogP contribution in [-0.4, -0.2) is 18.4 Å². The predicted octanol–water partition coefficient (Wildman–Crippen LogP) is 2.97. The van der Waals surface area contributed by atoms with Crippen LogP contribution in [0.4, 0.5) is 14.5 Å². The number of carbonyl (C=O) groups excluding carboxylic acids is 2. The van der Waals surface area contributed by atoms with E-state index in [0.717, 1.165) is 30.2 Å². The molecule has 0 aliphatic heterocycles. The number of benzene rings is 2. The number of anilines is 1. The molecule has 2 rings (SSSR count). The molecule has 0 aromatic heterocycles. The molecule has 0 spiro atoms. The number of nitrogens with one attached hydrogen (secondary N) is 2. The number of hydrogen-bond acceptors (Lipinski definition) is 3. The Kier molecular flexibility index (Phi) is 7.03. The van der Waals surface area contributed by atoms with Crippen molar-refractivity contribution in [2.24, 2.45) is 0 Å². The Labute approximate surface area is 143 Å². The average Bonchev–Trinajstić information content (AvgIpc) is 2.59. The van der Waals surface area contributed by atoms with E-state index in [9.17, 15) is 18.4 Å². The number of aryl methyl sites for hydroxylation is 1. The van der Waals surface area contributed by atoms with Crippen LogP contribution in [0.2, 0.25) is 0 Å². The molecule has 25 heavy (non-hydrogen) atoms. The molecule has 0 bridgehead atoms. The molecule has 2 aromatic carbocycles. The van der Waals surface area contributed by atoms with Crippen molar-refractivity contribution in [1.29, 1.82) is 0 Å². The van der Waals surface area contributed by atoms with E-state index < -0.39 is 24.1 Å². The van der Waals surface area contributed by atoms with Crippen LogP contribution in [0.5, 0.6) is 0 Å². The number of amides is 2. The van der Waals surface area contributed by atoms with Crippen molar-refractivity contribution in [3.05, 3.63) is 65.7 Å². The van der Waals surface area contributed by atoms with Crippen LogP contribution in [0.15, 0.2) is 48.5 Å². The van der Waals surface area contributed by atoms with E-state index in [4.69, 9.17) is 4.84 Å². The zero-order valence-corrected chi connectivity index (χ0v) is 13.4. The summed E-state index contributed by atoms with van der Waals surface area (Å²) in [6.45, 7) is -0.514. The van der Waals surface area contributed by atoms with Crippen molar-refractivity contribution in [1.82, 2.24) is 5.48 Å². The first-order valence-electron chi connectivity index (χ1n) is 7.74. The van der Waals surface area contributed by atoms with E-state index in [1.54, 1.807) is 0 Å². The highest BCUT2D eigenvalue weighted by Crippen LogP contribution is 2.14. The minimum atomic E-state index is -0.764. The molecule has 2 N–H and O–H groups in total. The lowest BCUT2D eigenvalue weighted by atomic mass is 10.1. The smallest absolute Gasteiger partial charge is 0.253 e. The second-order valence-corrected chi connectivity index (χ2v) is 5.33. The summed E-state index contributed by atoms with van der Waals surface area (Å²) in [5.74, 6) is -2.52. The maximum absolute atomic E-state index is 13.4. The van der Waals surface area contributed by atoms with Crippen LogP contribution in [-0.2, 0) is 20.8 Å². The molecule has 2 amide bonds. The molecular weight excluding hydrogens is 330 g/mol. The lowest BCUT2D eigenvalue weighted by Crippen LogP contribution is -2.29. The standard InChI is InChI=1S/C18H18F2N2O3/c19-14-9-10-15(20)16(11-14)21-18(24)12-25-22-17(23)8-4-7-13-5-2-1-3-6-13/h1-3,5-6,9-11H,4,7-8,12H2,(H,21,24)(H,22,23). The average molecular weight is 348 g/mol. The van der Waals surface area contributed by atoms with Gasteiger partial charge in [0.1, 0.15) is 11.6 Å². The summed E-state index contributed by atoms with van der Waals surface area (Å²) in [5.41, 5.74) is 2.99. The Balaban J connectivity index is 1.63. The zero-order valence-electron chi connectivity index (χ0n) is 13.4. The van der Waals surface area contributed by atoms with Gasteiger partial charge in [0.15, 0.2) is 6.61 Å². The summed E-state index contributed by atoms with van der Waals surface area (Å²) in [6.07, 6.45) is 1.64. The van der Waals surface area contributed by atoms with Gasteiger partial charge >= 0.3 is 0 Å². The molecule has 0 unspecified atom stereocenters. The normalized spacial score (nSPS) is 10.3. The zero-order chi connectivity index (χ0) is 18.1. The lowest BCUT2D eigenvalue weighted by molar-refractivity contribution is -0.137. The third-order valence-corrected chi connectivity index (χ3v) is 3.30. The molecule has 0 aliphatic carbocycles. The fraction of sp³-hybridized carbons (Fsp3) is 0.222. The van der Waals surface area contributed by atoms with Gasteiger partial charge in [-0.3, -0.25) is 14.4 Å². The molecular formula is C18H18F2N2O3. The monoisotopic (exact) mass is 348 g/mol. The largest absolute Gasteiger partial charge is 0.321 e. The molecule has 0 heterocycles. The maximum atomic E-state index is 13.4. The van der Waals surface area contributed by atoms with Crippen molar-refractivity contribution < 1.29 is 23.2 Å². The fourth-order valence-electron chi connectivity index (χ4n) is 2.11. The summed E-state index contributed by atoms with van der Waals surface area (Å²) in [7, 11) is 0. The highest BCUT2D eigenvalue weighted by molar-refractivity contribution is 5.91. The third-order valence-electron chi connectivity index (χ3n) is 3.30. The SMILES string of the molecule is O=C(CCCc1ccccc1)NOCC(=O)Nc1cc(F)ccc1F. The second kappa shape index (κ2) is 9.48. The molecule has 132 valence electrons. The minimum Gasteiger partial charge on any atom is -0.321 e. The summed E-state index contributed by atoms with van der Waals surface area (Å²) < 4.78 is 26.4. The van der Waals surface area contributed by atoms with E-state index in [0.29, 0.717) is 6.42 Å². The second-order valence-electron chi connectivity index (χ2n) is 5.33. The van der Waals surface area contributed by atoms with Gasteiger partial charge in [0.2, 0.25) is 5.91 Å². The first kappa shape index (κ1) is 18.5. The molecule has 0 atom stereocenters. The Bertz CT molecular complexity index is 724. The quantitative estimate of drug-likeness (QED) is 0.721. The van der Waals surface area contributed by atoms with E-state index in [1.807, 2.05) is 30.3 Å². The predicted molar refractivity (Wildman–Crippen MR) is 88.5 cm³/mol. The molecule has 0 fully saturated rings. The van der Waals surface area contributed by atoms with Crippen LogP contribution in [0.3, 0.4) is 0 Å². The van der Waals surface area contributed by atoms with Gasteiger partial charge in [-0.1, -0.05) is 30.3 Å². The summed E-state index contributed by atoms with van der Waals surface area (Å²) in [6, 6.07) is 12.4. The van der Waals surface area contributed by atoms with Gasteiger partial charge in [-0.05, 0) is 30.5 Å². The number of carbonyl (C=O) groups is 2. The fourth-order valence-corrected chi connectivity index (χ4v) is 2.11. The Morgan fingerprint density at radius 2 is 1.76 bits per heavy atom. The topological polar surface area (TPSA) is 67.4 Å². The van der Waals surface area contributed by atoms with E-state index in [2.05, 4.69) is 10.8 Å². The molecule has 0 aliphatic rings. The van der Waals surface area contributed by atoms with Crippen LogP contribution in [0, 0.1) is 11.6 Å². The summed E-state index contributed by atoms with van der Waals surface area (Å²) in [5, 5.41) is 2.16. The van der Waals surface area contributed by atoms with E-state index in [1.165, 1.54) is 0 Å². The Hall–Kier alpha value is -2.80. The van der Waals surface area contributed by atoms with Gasteiger partial charge in [-0.2, -0.15) is 0 Å². The van der Waals surface area contributed by atoms with Gasteiger partial charge in [-0.25, -0.2) is 14.3 Å². The van der Waals surface area contributed by atoms with Crippen molar-refractivity contribution >= 4 is 17.5 Å². The lowest BCUT2D eigenvalue weighted by Gasteiger charge is -2.08. The van der Waals surface area contributed by atoms with Gasteiger partial charge in [-0.15, -0.1) is 0 Å². The number of rotatable bonds is 8. The van der Waals surface area contributed by atoms with Gasteiger partial charge in [0.05, 0.1) is 5.69 Å². The molecule has 0 saturated carbocycles. The highest BCUT2D eigenvalue weighted by atomic mass is 19.1. The van der Waals surface area contributed by atoms with Crippen molar-refractivity contribution in [2.45, 2.75) is 19.3 Å². The molecule has 5 nitrogen and oxygen atoms in total. The molecule has 0 saturated heterocycles. The van der Waals surface area contributed by atoms with E-state index >= 15 is 0 Å². The summed E-state index contributed by atoms with van der Waals surface area (Å²) >= 11 is 0. The van der Waals surface area contributed by atoms with Gasteiger partial charge < -0.3 is 5.32 Å². The van der Waals surface area contributed by atoms with Crippen molar-refractivity contribution in [2.75, 3.05) is 11.9 Å².